The highest BCUT2D eigenvalue weighted by molar-refractivity contribution is 5.80. The molecule has 0 spiro atoms. The number of nitrogens with two attached hydrogens (primary N) is 1. The van der Waals surface area contributed by atoms with Crippen LogP contribution in [0.3, 0.4) is 0 Å². The number of nitrogen functional groups attached to an aromatic ring is 1. The van der Waals surface area contributed by atoms with Crippen LogP contribution in [-0.2, 0) is 4.79 Å². The lowest BCUT2D eigenvalue weighted by atomic mass is 10.3. The van der Waals surface area contributed by atoms with E-state index in [0.29, 0.717) is 5.69 Å². The van der Waals surface area contributed by atoms with Gasteiger partial charge in [-0.1, -0.05) is 0 Å². The lowest BCUT2D eigenvalue weighted by Gasteiger charge is -2.18. The molecule has 0 saturated heterocycles. The van der Waals surface area contributed by atoms with Crippen molar-refractivity contribution in [1.82, 2.24) is 4.90 Å². The van der Waals surface area contributed by atoms with E-state index in [2.05, 4.69) is 0 Å². The first-order valence-corrected chi connectivity index (χ1v) is 4.84. The third kappa shape index (κ3) is 2.85. The number of carbonyl (C=O) groups excluding carboxylic acids is 1. The standard InChI is InChI=1S/C11H15FN2O2/c1-7(11(15)14(2)3)16-10-5-4-8(13)6-9(10)12/h4-7H,13H2,1-3H3. The van der Waals surface area contributed by atoms with Crippen molar-refractivity contribution in [2.75, 3.05) is 19.8 Å². The van der Waals surface area contributed by atoms with Crippen LogP contribution in [0.1, 0.15) is 6.92 Å². The maximum atomic E-state index is 13.3. The summed E-state index contributed by atoms with van der Waals surface area (Å²) < 4.78 is 18.5. The first kappa shape index (κ1) is 12.3. The fraction of sp³-hybridized carbons (Fsp3) is 0.364. The summed E-state index contributed by atoms with van der Waals surface area (Å²) in [5, 5.41) is 0. The second-order valence-electron chi connectivity index (χ2n) is 3.68. The van der Waals surface area contributed by atoms with Gasteiger partial charge >= 0.3 is 0 Å². The predicted molar refractivity (Wildman–Crippen MR) is 59.6 cm³/mol. The third-order valence-electron chi connectivity index (χ3n) is 2.05. The molecule has 1 amide bonds. The largest absolute Gasteiger partial charge is 0.478 e. The summed E-state index contributed by atoms with van der Waals surface area (Å²) in [6.07, 6.45) is -0.729. The quantitative estimate of drug-likeness (QED) is 0.789. The molecular weight excluding hydrogens is 211 g/mol. The summed E-state index contributed by atoms with van der Waals surface area (Å²) >= 11 is 0. The van der Waals surface area contributed by atoms with Gasteiger partial charge in [0, 0.05) is 25.8 Å². The van der Waals surface area contributed by atoms with E-state index >= 15 is 0 Å². The summed E-state index contributed by atoms with van der Waals surface area (Å²) in [4.78, 5) is 12.9. The molecule has 0 fully saturated rings. The second kappa shape index (κ2) is 4.83. The average Bonchev–Trinajstić information content (AvgIpc) is 2.20. The number of rotatable bonds is 3. The lowest BCUT2D eigenvalue weighted by molar-refractivity contribution is -0.135. The van der Waals surface area contributed by atoms with E-state index in [1.165, 1.54) is 17.0 Å². The molecule has 1 aromatic carbocycles. The van der Waals surface area contributed by atoms with E-state index in [-0.39, 0.29) is 11.7 Å². The zero-order valence-electron chi connectivity index (χ0n) is 9.53. The van der Waals surface area contributed by atoms with Crippen molar-refractivity contribution >= 4 is 11.6 Å². The number of ether oxygens (including phenoxy) is 1. The van der Waals surface area contributed by atoms with Gasteiger partial charge in [-0.3, -0.25) is 4.79 Å². The summed E-state index contributed by atoms with van der Waals surface area (Å²) in [7, 11) is 3.23. The zero-order chi connectivity index (χ0) is 12.3. The molecule has 1 atom stereocenters. The number of anilines is 1. The number of amides is 1. The van der Waals surface area contributed by atoms with Crippen molar-refractivity contribution in [3.05, 3.63) is 24.0 Å². The van der Waals surface area contributed by atoms with Gasteiger partial charge in [-0.25, -0.2) is 4.39 Å². The topological polar surface area (TPSA) is 55.6 Å². The molecule has 5 heteroatoms. The van der Waals surface area contributed by atoms with E-state index in [1.807, 2.05) is 0 Å². The molecular formula is C11H15FN2O2. The Morgan fingerprint density at radius 3 is 2.62 bits per heavy atom. The van der Waals surface area contributed by atoms with Gasteiger partial charge in [-0.2, -0.15) is 0 Å². The maximum absolute atomic E-state index is 13.3. The fourth-order valence-corrected chi connectivity index (χ4v) is 1.22. The Bertz CT molecular complexity index is 394. The van der Waals surface area contributed by atoms with Crippen LogP contribution in [0.4, 0.5) is 10.1 Å². The Kier molecular flexibility index (Phi) is 3.71. The van der Waals surface area contributed by atoms with Gasteiger partial charge < -0.3 is 15.4 Å². The summed E-state index contributed by atoms with van der Waals surface area (Å²) in [6, 6.07) is 4.08. The minimum Gasteiger partial charge on any atom is -0.478 e. The molecule has 2 N–H and O–H groups in total. The molecule has 1 aromatic rings. The van der Waals surface area contributed by atoms with E-state index in [1.54, 1.807) is 21.0 Å². The number of nitrogens with zero attached hydrogens (tertiary/aromatic N) is 1. The van der Waals surface area contributed by atoms with Crippen molar-refractivity contribution < 1.29 is 13.9 Å². The van der Waals surface area contributed by atoms with E-state index in [4.69, 9.17) is 10.5 Å². The highest BCUT2D eigenvalue weighted by Crippen LogP contribution is 2.20. The van der Waals surface area contributed by atoms with Crippen LogP contribution >= 0.6 is 0 Å². The number of benzene rings is 1. The van der Waals surface area contributed by atoms with Crippen LogP contribution in [0.5, 0.6) is 5.75 Å². The second-order valence-corrected chi connectivity index (χ2v) is 3.68. The van der Waals surface area contributed by atoms with Gasteiger partial charge in [0.05, 0.1) is 0 Å². The molecule has 0 heterocycles. The monoisotopic (exact) mass is 226 g/mol. The van der Waals surface area contributed by atoms with E-state index in [9.17, 15) is 9.18 Å². The van der Waals surface area contributed by atoms with Gasteiger partial charge in [0.2, 0.25) is 0 Å². The van der Waals surface area contributed by atoms with Gasteiger partial charge in [0.1, 0.15) is 0 Å². The van der Waals surface area contributed by atoms with Crippen LogP contribution in [0.15, 0.2) is 18.2 Å². The van der Waals surface area contributed by atoms with Crippen LogP contribution in [0.25, 0.3) is 0 Å². The Morgan fingerprint density at radius 1 is 1.50 bits per heavy atom. The highest BCUT2D eigenvalue weighted by Gasteiger charge is 2.18. The van der Waals surface area contributed by atoms with Crippen LogP contribution < -0.4 is 10.5 Å². The van der Waals surface area contributed by atoms with Crippen molar-refractivity contribution in [3.8, 4) is 5.75 Å². The highest BCUT2D eigenvalue weighted by atomic mass is 19.1. The minimum absolute atomic E-state index is 0.0249. The molecule has 16 heavy (non-hydrogen) atoms. The Labute approximate surface area is 93.8 Å². The normalized spacial score (nSPS) is 12.0. The van der Waals surface area contributed by atoms with Gasteiger partial charge in [-0.05, 0) is 19.1 Å². The molecule has 1 unspecified atom stereocenters. The molecule has 0 aromatic heterocycles. The van der Waals surface area contributed by atoms with Crippen molar-refractivity contribution in [2.24, 2.45) is 0 Å². The molecule has 0 aliphatic heterocycles. The van der Waals surface area contributed by atoms with Crippen LogP contribution in [-0.4, -0.2) is 31.0 Å². The van der Waals surface area contributed by atoms with Crippen LogP contribution in [0.2, 0.25) is 0 Å². The van der Waals surface area contributed by atoms with Crippen LogP contribution in [0, 0.1) is 5.82 Å². The number of carbonyl (C=O) groups is 1. The molecule has 88 valence electrons. The molecule has 0 radical (unpaired) electrons. The molecule has 0 bridgehead atoms. The van der Waals surface area contributed by atoms with Gasteiger partial charge in [0.15, 0.2) is 17.7 Å². The van der Waals surface area contributed by atoms with Gasteiger partial charge in [0.25, 0.3) is 5.91 Å². The summed E-state index contributed by atoms with van der Waals surface area (Å²) in [5.74, 6) is -0.772. The SMILES string of the molecule is CC(Oc1ccc(N)cc1F)C(=O)N(C)C. The van der Waals surface area contributed by atoms with E-state index < -0.39 is 11.9 Å². The van der Waals surface area contributed by atoms with Crippen molar-refractivity contribution in [2.45, 2.75) is 13.0 Å². The number of halogens is 1. The Hall–Kier alpha value is -1.78. The van der Waals surface area contributed by atoms with Crippen molar-refractivity contribution in [3.63, 3.8) is 0 Å². The third-order valence-corrected chi connectivity index (χ3v) is 2.05. The predicted octanol–water partition coefficient (Wildman–Crippen LogP) is 1.26. The summed E-state index contributed by atoms with van der Waals surface area (Å²) in [5.41, 5.74) is 5.71. The number of likely N-dealkylation sites (N-methyl/N-ethyl adjacent to an activating group) is 1. The fourth-order valence-electron chi connectivity index (χ4n) is 1.22. The first-order chi connectivity index (χ1) is 7.41. The molecule has 4 nitrogen and oxygen atoms in total. The molecule has 0 aliphatic rings. The first-order valence-electron chi connectivity index (χ1n) is 4.84. The Balaban J connectivity index is 2.77. The number of hydrogen-bond acceptors (Lipinski definition) is 3. The zero-order valence-corrected chi connectivity index (χ0v) is 9.53. The molecule has 0 aliphatic carbocycles. The Morgan fingerprint density at radius 2 is 2.12 bits per heavy atom. The van der Waals surface area contributed by atoms with Crippen molar-refractivity contribution in [1.29, 1.82) is 0 Å². The lowest BCUT2D eigenvalue weighted by Crippen LogP contribution is -2.35. The van der Waals surface area contributed by atoms with E-state index in [0.717, 1.165) is 6.07 Å². The smallest absolute Gasteiger partial charge is 0.262 e. The molecule has 1 rings (SSSR count). The summed E-state index contributed by atoms with van der Waals surface area (Å²) in [6.45, 7) is 1.57. The molecule has 0 saturated carbocycles. The number of hydrogen-bond donors (Lipinski definition) is 1. The maximum Gasteiger partial charge on any atom is 0.262 e. The average molecular weight is 226 g/mol. The minimum atomic E-state index is -0.729. The van der Waals surface area contributed by atoms with Gasteiger partial charge in [-0.15, -0.1) is 0 Å².